The Balaban J connectivity index is 2.13. The first kappa shape index (κ1) is 17.3. The average molecular weight is 400 g/mol. The topological polar surface area (TPSA) is 51.6 Å². The molecule has 128 valence electrons. The Labute approximate surface area is 155 Å². The minimum atomic E-state index is -0.165. The van der Waals surface area contributed by atoms with E-state index >= 15 is 0 Å². The molecule has 0 saturated carbocycles. The predicted octanol–water partition coefficient (Wildman–Crippen LogP) is 4.75. The molecule has 3 aromatic rings. The van der Waals surface area contributed by atoms with Crippen LogP contribution in [0.2, 0.25) is 0 Å². The quantitative estimate of drug-likeness (QED) is 0.672. The van der Waals surface area contributed by atoms with E-state index in [1.165, 1.54) is 0 Å². The van der Waals surface area contributed by atoms with Crippen LogP contribution in [0.4, 0.5) is 0 Å². The van der Waals surface area contributed by atoms with Crippen LogP contribution in [-0.4, -0.2) is 24.3 Å². The fourth-order valence-corrected chi connectivity index (χ4v) is 3.15. The molecule has 5 heteroatoms. The molecular weight excluding hydrogens is 382 g/mol. The van der Waals surface area contributed by atoms with Crippen molar-refractivity contribution in [1.29, 1.82) is 0 Å². The average Bonchev–Trinajstić information content (AvgIpc) is 2.66. The number of nitrogens with zero attached hydrogens (tertiary/aromatic N) is 1. The molecule has 0 aliphatic carbocycles. The van der Waals surface area contributed by atoms with Crippen molar-refractivity contribution in [3.05, 3.63) is 82.0 Å². The summed E-state index contributed by atoms with van der Waals surface area (Å²) in [5.41, 5.74) is 2.78. The van der Waals surface area contributed by atoms with Gasteiger partial charge in [0.15, 0.2) is 0 Å². The fourth-order valence-electron chi connectivity index (χ4n) is 2.80. The van der Waals surface area contributed by atoms with Gasteiger partial charge in [-0.3, -0.25) is 0 Å². The van der Waals surface area contributed by atoms with E-state index < -0.39 is 0 Å². The summed E-state index contributed by atoms with van der Waals surface area (Å²) in [6.45, 7) is 0. The first-order valence-electron chi connectivity index (χ1n) is 7.74. The molecule has 0 spiro atoms. The van der Waals surface area contributed by atoms with E-state index in [4.69, 9.17) is 9.47 Å². The standard InChI is InChI=1S/C20H18BrNO3/c1-24-16-7-3-13(4-8-16)19(14-5-9-17(25-2)10-6-14)18-11-15(21)12-22-20(18)23/h3-12,19H,1-2H3,(H,22,23). The highest BCUT2D eigenvalue weighted by Gasteiger charge is 2.21. The van der Waals surface area contributed by atoms with Crippen molar-refractivity contribution < 1.29 is 14.6 Å². The zero-order chi connectivity index (χ0) is 17.8. The minimum absolute atomic E-state index is 0.0137. The smallest absolute Gasteiger partial charge is 0.215 e. The molecule has 0 amide bonds. The van der Waals surface area contributed by atoms with E-state index in [-0.39, 0.29) is 11.8 Å². The van der Waals surface area contributed by atoms with Crippen molar-refractivity contribution in [2.24, 2.45) is 0 Å². The van der Waals surface area contributed by atoms with Crippen LogP contribution in [0, 0.1) is 0 Å². The van der Waals surface area contributed by atoms with Crippen LogP contribution in [0.5, 0.6) is 17.4 Å². The first-order chi connectivity index (χ1) is 12.1. The second kappa shape index (κ2) is 7.57. The highest BCUT2D eigenvalue weighted by atomic mass is 79.9. The number of ether oxygens (including phenoxy) is 2. The van der Waals surface area contributed by atoms with Gasteiger partial charge in [0.1, 0.15) is 11.5 Å². The zero-order valence-corrected chi connectivity index (χ0v) is 15.5. The number of aromatic hydroxyl groups is 1. The van der Waals surface area contributed by atoms with E-state index in [1.54, 1.807) is 20.4 Å². The van der Waals surface area contributed by atoms with Crippen LogP contribution in [-0.2, 0) is 0 Å². The van der Waals surface area contributed by atoms with Crippen LogP contribution in [0.25, 0.3) is 0 Å². The predicted molar refractivity (Wildman–Crippen MR) is 101 cm³/mol. The normalized spacial score (nSPS) is 10.7. The maximum atomic E-state index is 10.3. The number of hydrogen-bond acceptors (Lipinski definition) is 4. The molecule has 0 fully saturated rings. The van der Waals surface area contributed by atoms with Crippen molar-refractivity contribution in [3.63, 3.8) is 0 Å². The minimum Gasteiger partial charge on any atom is -0.497 e. The van der Waals surface area contributed by atoms with Gasteiger partial charge in [-0.2, -0.15) is 0 Å². The molecule has 1 aromatic heterocycles. The summed E-state index contributed by atoms with van der Waals surface area (Å²) in [6.07, 6.45) is 1.58. The van der Waals surface area contributed by atoms with Gasteiger partial charge >= 0.3 is 0 Å². The van der Waals surface area contributed by atoms with Crippen LogP contribution < -0.4 is 9.47 Å². The first-order valence-corrected chi connectivity index (χ1v) is 8.54. The molecule has 0 atom stereocenters. The lowest BCUT2D eigenvalue weighted by molar-refractivity contribution is 0.414. The monoisotopic (exact) mass is 399 g/mol. The molecule has 0 aliphatic heterocycles. The number of pyridine rings is 1. The van der Waals surface area contributed by atoms with Crippen LogP contribution in [0.1, 0.15) is 22.6 Å². The van der Waals surface area contributed by atoms with Gasteiger partial charge in [0.25, 0.3) is 0 Å². The molecule has 4 nitrogen and oxygen atoms in total. The molecule has 1 N–H and O–H groups in total. The van der Waals surface area contributed by atoms with Crippen molar-refractivity contribution in [1.82, 2.24) is 4.98 Å². The van der Waals surface area contributed by atoms with E-state index in [0.717, 1.165) is 32.7 Å². The number of hydrogen-bond donors (Lipinski definition) is 1. The van der Waals surface area contributed by atoms with Gasteiger partial charge in [-0.15, -0.1) is 0 Å². The second-order valence-electron chi connectivity index (χ2n) is 5.55. The highest BCUT2D eigenvalue weighted by Crippen LogP contribution is 2.38. The van der Waals surface area contributed by atoms with Crippen molar-refractivity contribution in [2.45, 2.75) is 5.92 Å². The summed E-state index contributed by atoms with van der Waals surface area (Å²) in [5.74, 6) is 1.42. The molecule has 0 unspecified atom stereocenters. The molecule has 25 heavy (non-hydrogen) atoms. The van der Waals surface area contributed by atoms with Gasteiger partial charge in [-0.1, -0.05) is 24.3 Å². The third-order valence-electron chi connectivity index (χ3n) is 4.07. The molecule has 0 bridgehead atoms. The SMILES string of the molecule is COc1ccc(C(c2ccc(OC)cc2)c2cc(Br)cnc2O)cc1. The summed E-state index contributed by atoms with van der Waals surface area (Å²) >= 11 is 3.44. The fraction of sp³-hybridized carbons (Fsp3) is 0.150. The zero-order valence-electron chi connectivity index (χ0n) is 13.9. The Morgan fingerprint density at radius 1 is 0.880 bits per heavy atom. The van der Waals surface area contributed by atoms with Gasteiger partial charge in [-0.25, -0.2) is 4.98 Å². The lowest BCUT2D eigenvalue weighted by atomic mass is 9.85. The summed E-state index contributed by atoms with van der Waals surface area (Å²) in [6, 6.07) is 17.5. The Morgan fingerprint density at radius 2 is 1.36 bits per heavy atom. The lowest BCUT2D eigenvalue weighted by Crippen LogP contribution is -2.05. The number of methoxy groups -OCH3 is 2. The maximum absolute atomic E-state index is 10.3. The van der Waals surface area contributed by atoms with Gasteiger partial charge in [0.2, 0.25) is 5.88 Å². The third kappa shape index (κ3) is 3.77. The Bertz CT molecular complexity index is 800. The highest BCUT2D eigenvalue weighted by molar-refractivity contribution is 9.10. The number of rotatable bonds is 5. The molecule has 1 heterocycles. The number of halogens is 1. The molecule has 0 radical (unpaired) electrons. The second-order valence-corrected chi connectivity index (χ2v) is 6.46. The van der Waals surface area contributed by atoms with Crippen LogP contribution in [0.3, 0.4) is 0 Å². The number of benzene rings is 2. The van der Waals surface area contributed by atoms with Gasteiger partial charge in [0, 0.05) is 22.2 Å². The summed E-state index contributed by atoms with van der Waals surface area (Å²) in [5, 5.41) is 10.3. The summed E-state index contributed by atoms with van der Waals surface area (Å²) < 4.78 is 11.3. The van der Waals surface area contributed by atoms with Gasteiger partial charge in [-0.05, 0) is 57.4 Å². The summed E-state index contributed by atoms with van der Waals surface area (Å²) in [4.78, 5) is 4.08. The van der Waals surface area contributed by atoms with Gasteiger partial charge < -0.3 is 14.6 Å². The van der Waals surface area contributed by atoms with Crippen molar-refractivity contribution in [3.8, 4) is 17.4 Å². The Kier molecular flexibility index (Phi) is 5.24. The Hall–Kier alpha value is -2.53. The molecule has 0 saturated heterocycles. The third-order valence-corrected chi connectivity index (χ3v) is 4.50. The molecule has 3 rings (SSSR count). The molecular formula is C20H18BrNO3. The summed E-state index contributed by atoms with van der Waals surface area (Å²) in [7, 11) is 3.28. The molecule has 0 aliphatic rings. The van der Waals surface area contributed by atoms with E-state index in [0.29, 0.717) is 0 Å². The Morgan fingerprint density at radius 3 is 1.80 bits per heavy atom. The molecule has 2 aromatic carbocycles. The largest absolute Gasteiger partial charge is 0.497 e. The van der Waals surface area contributed by atoms with Gasteiger partial charge in [0.05, 0.1) is 14.2 Å². The van der Waals surface area contributed by atoms with E-state index in [2.05, 4.69) is 20.9 Å². The lowest BCUT2D eigenvalue weighted by Gasteiger charge is -2.20. The van der Waals surface area contributed by atoms with E-state index in [9.17, 15) is 5.11 Å². The van der Waals surface area contributed by atoms with Crippen LogP contribution >= 0.6 is 15.9 Å². The maximum Gasteiger partial charge on any atom is 0.215 e. The van der Waals surface area contributed by atoms with E-state index in [1.807, 2.05) is 54.6 Å². The number of aromatic nitrogens is 1. The van der Waals surface area contributed by atoms with Crippen molar-refractivity contribution in [2.75, 3.05) is 14.2 Å². The van der Waals surface area contributed by atoms with Crippen LogP contribution in [0.15, 0.2) is 65.3 Å². The van der Waals surface area contributed by atoms with Crippen molar-refractivity contribution >= 4 is 15.9 Å².